The lowest BCUT2D eigenvalue weighted by Crippen LogP contribution is -2.12. The molecule has 3 aromatic rings. The molecule has 5 nitrogen and oxygen atoms in total. The number of amides is 1. The molecule has 2 aromatic carbocycles. The summed E-state index contributed by atoms with van der Waals surface area (Å²) in [4.78, 5) is 12.2. The Bertz CT molecular complexity index is 870. The number of nitrogens with zero attached hydrogens (tertiary/aromatic N) is 1. The highest BCUT2D eigenvalue weighted by atomic mass is 16.5. The fourth-order valence-corrected chi connectivity index (χ4v) is 2.77. The highest BCUT2D eigenvalue weighted by molar-refractivity contribution is 6.01. The van der Waals surface area contributed by atoms with E-state index in [0.29, 0.717) is 13.0 Å². The van der Waals surface area contributed by atoms with Gasteiger partial charge in [-0.2, -0.15) is 5.10 Å². The molecule has 0 aliphatic carbocycles. The van der Waals surface area contributed by atoms with Gasteiger partial charge >= 0.3 is 0 Å². The first-order valence-corrected chi connectivity index (χ1v) is 8.55. The van der Waals surface area contributed by atoms with Crippen molar-refractivity contribution in [1.29, 1.82) is 0 Å². The number of benzene rings is 2. The zero-order valence-electron chi connectivity index (χ0n) is 14.6. The first-order valence-electron chi connectivity index (χ1n) is 8.55. The number of hydrogen-bond acceptors (Lipinski definition) is 3. The number of nitrogens with one attached hydrogen (secondary N) is 2. The number of hydrogen-bond donors (Lipinski definition) is 2. The smallest absolute Gasteiger partial charge is 0.224 e. The molecule has 0 bridgehead atoms. The zero-order valence-corrected chi connectivity index (χ0v) is 14.6. The van der Waals surface area contributed by atoms with Gasteiger partial charge in [-0.25, -0.2) is 0 Å². The SMILES string of the molecule is Cc1cccc(OCCCCC(=O)Nc2ccc(C)c3cn[nH]c23)c1. The molecule has 5 heteroatoms. The van der Waals surface area contributed by atoms with Gasteiger partial charge in [0.15, 0.2) is 0 Å². The molecule has 130 valence electrons. The second-order valence-electron chi connectivity index (χ2n) is 6.26. The lowest BCUT2D eigenvalue weighted by Gasteiger charge is -2.08. The maximum absolute atomic E-state index is 12.2. The quantitative estimate of drug-likeness (QED) is 0.629. The van der Waals surface area contributed by atoms with Gasteiger partial charge in [0.1, 0.15) is 5.75 Å². The second-order valence-corrected chi connectivity index (χ2v) is 6.26. The molecule has 25 heavy (non-hydrogen) atoms. The summed E-state index contributed by atoms with van der Waals surface area (Å²) in [6.07, 6.45) is 3.88. The van der Waals surface area contributed by atoms with Crippen LogP contribution in [-0.4, -0.2) is 22.7 Å². The Balaban J connectivity index is 1.43. The van der Waals surface area contributed by atoms with Crippen molar-refractivity contribution in [2.24, 2.45) is 0 Å². The van der Waals surface area contributed by atoms with Gasteiger partial charge in [0, 0.05) is 11.8 Å². The van der Waals surface area contributed by atoms with Crippen molar-refractivity contribution >= 4 is 22.5 Å². The Labute approximate surface area is 147 Å². The van der Waals surface area contributed by atoms with Crippen molar-refractivity contribution in [3.63, 3.8) is 0 Å². The average molecular weight is 337 g/mol. The van der Waals surface area contributed by atoms with Gasteiger partial charge in [-0.15, -0.1) is 0 Å². The van der Waals surface area contributed by atoms with Crippen molar-refractivity contribution in [2.45, 2.75) is 33.1 Å². The molecular weight excluding hydrogens is 314 g/mol. The molecular formula is C20H23N3O2. The van der Waals surface area contributed by atoms with Gasteiger partial charge in [-0.3, -0.25) is 9.89 Å². The minimum Gasteiger partial charge on any atom is -0.494 e. The summed E-state index contributed by atoms with van der Waals surface area (Å²) in [6, 6.07) is 11.9. The van der Waals surface area contributed by atoms with Crippen LogP contribution in [0.3, 0.4) is 0 Å². The third-order valence-corrected chi connectivity index (χ3v) is 4.16. The molecule has 1 heterocycles. The van der Waals surface area contributed by atoms with Crippen LogP contribution in [0, 0.1) is 13.8 Å². The second kappa shape index (κ2) is 7.83. The molecule has 2 N–H and O–H groups in total. The number of aryl methyl sites for hydroxylation is 2. The number of aromatic nitrogens is 2. The Morgan fingerprint density at radius 2 is 2.08 bits per heavy atom. The molecule has 0 aliphatic rings. The average Bonchev–Trinajstić information content (AvgIpc) is 3.08. The van der Waals surface area contributed by atoms with Crippen LogP contribution in [0.15, 0.2) is 42.6 Å². The van der Waals surface area contributed by atoms with Crippen LogP contribution < -0.4 is 10.1 Å². The summed E-state index contributed by atoms with van der Waals surface area (Å²) in [7, 11) is 0. The van der Waals surface area contributed by atoms with Crippen LogP contribution in [0.5, 0.6) is 5.75 Å². The van der Waals surface area contributed by atoms with Gasteiger partial charge in [-0.1, -0.05) is 18.2 Å². The molecule has 0 saturated heterocycles. The molecule has 0 spiro atoms. The van der Waals surface area contributed by atoms with E-state index in [4.69, 9.17) is 4.74 Å². The van der Waals surface area contributed by atoms with Gasteiger partial charge in [0.2, 0.25) is 5.91 Å². The van der Waals surface area contributed by atoms with E-state index in [0.717, 1.165) is 40.7 Å². The van der Waals surface area contributed by atoms with Crippen molar-refractivity contribution in [1.82, 2.24) is 10.2 Å². The molecule has 1 amide bonds. The van der Waals surface area contributed by atoms with Crippen LogP contribution in [0.4, 0.5) is 5.69 Å². The molecule has 0 saturated carbocycles. The van der Waals surface area contributed by atoms with Crippen LogP contribution in [0.25, 0.3) is 10.9 Å². The maximum atomic E-state index is 12.2. The van der Waals surface area contributed by atoms with E-state index in [1.54, 1.807) is 6.20 Å². The number of carbonyl (C=O) groups excluding carboxylic acids is 1. The van der Waals surface area contributed by atoms with E-state index in [2.05, 4.69) is 15.5 Å². The number of anilines is 1. The molecule has 1 aromatic heterocycles. The predicted octanol–water partition coefficient (Wildman–Crippen LogP) is 4.37. The monoisotopic (exact) mass is 337 g/mol. The number of fused-ring (bicyclic) bond motifs is 1. The largest absolute Gasteiger partial charge is 0.494 e. The summed E-state index contributed by atoms with van der Waals surface area (Å²) in [5.74, 6) is 0.890. The van der Waals surface area contributed by atoms with Crippen LogP contribution >= 0.6 is 0 Å². The van der Waals surface area contributed by atoms with Crippen LogP contribution in [-0.2, 0) is 4.79 Å². The number of aromatic amines is 1. The first-order chi connectivity index (χ1) is 12.1. The molecule has 0 fully saturated rings. The molecule has 0 aliphatic heterocycles. The summed E-state index contributed by atoms with van der Waals surface area (Å²) in [5.41, 5.74) is 3.96. The normalized spacial score (nSPS) is 10.8. The number of rotatable bonds is 7. The van der Waals surface area contributed by atoms with E-state index in [1.165, 1.54) is 5.56 Å². The Morgan fingerprint density at radius 1 is 1.20 bits per heavy atom. The molecule has 0 unspecified atom stereocenters. The lowest BCUT2D eigenvalue weighted by molar-refractivity contribution is -0.116. The number of ether oxygens (including phenoxy) is 1. The van der Waals surface area contributed by atoms with Gasteiger partial charge < -0.3 is 10.1 Å². The summed E-state index contributed by atoms with van der Waals surface area (Å²) in [6.45, 7) is 4.68. The third-order valence-electron chi connectivity index (χ3n) is 4.16. The number of carbonyl (C=O) groups is 1. The standard InChI is InChI=1S/C20H23N3O2/c1-14-6-5-7-16(12-14)25-11-4-3-8-19(24)22-18-10-9-15(2)17-13-21-23-20(17)18/h5-7,9-10,12-13H,3-4,8,11H2,1-2H3,(H,21,23)(H,22,24). The van der Waals surface area contributed by atoms with E-state index in [9.17, 15) is 4.79 Å². The lowest BCUT2D eigenvalue weighted by atomic mass is 10.1. The molecule has 0 radical (unpaired) electrons. The van der Waals surface area contributed by atoms with Crippen molar-refractivity contribution in [2.75, 3.05) is 11.9 Å². The predicted molar refractivity (Wildman–Crippen MR) is 100.0 cm³/mol. The third kappa shape index (κ3) is 4.38. The van der Waals surface area contributed by atoms with Gasteiger partial charge in [0.05, 0.1) is 24.0 Å². The number of H-pyrrole nitrogens is 1. The van der Waals surface area contributed by atoms with E-state index < -0.39 is 0 Å². The van der Waals surface area contributed by atoms with Crippen molar-refractivity contribution in [3.05, 3.63) is 53.7 Å². The van der Waals surface area contributed by atoms with Crippen molar-refractivity contribution < 1.29 is 9.53 Å². The maximum Gasteiger partial charge on any atom is 0.224 e. The minimum atomic E-state index is 0.00955. The van der Waals surface area contributed by atoms with E-state index >= 15 is 0 Å². The highest BCUT2D eigenvalue weighted by Gasteiger charge is 2.08. The van der Waals surface area contributed by atoms with Crippen molar-refractivity contribution in [3.8, 4) is 5.75 Å². The van der Waals surface area contributed by atoms with Crippen LogP contribution in [0.1, 0.15) is 30.4 Å². The summed E-state index contributed by atoms with van der Waals surface area (Å²) >= 11 is 0. The van der Waals surface area contributed by atoms with Gasteiger partial charge in [0.25, 0.3) is 0 Å². The number of unbranched alkanes of at least 4 members (excludes halogenated alkanes) is 1. The fourth-order valence-electron chi connectivity index (χ4n) is 2.77. The topological polar surface area (TPSA) is 67.0 Å². The van der Waals surface area contributed by atoms with Gasteiger partial charge in [-0.05, 0) is 56.0 Å². The Hall–Kier alpha value is -2.82. The van der Waals surface area contributed by atoms with E-state index in [-0.39, 0.29) is 5.91 Å². The highest BCUT2D eigenvalue weighted by Crippen LogP contribution is 2.24. The fraction of sp³-hybridized carbons (Fsp3) is 0.300. The minimum absolute atomic E-state index is 0.00955. The molecule has 3 rings (SSSR count). The zero-order chi connectivity index (χ0) is 17.6. The Morgan fingerprint density at radius 3 is 2.92 bits per heavy atom. The van der Waals surface area contributed by atoms with Crippen LogP contribution in [0.2, 0.25) is 0 Å². The first kappa shape index (κ1) is 17.0. The Kier molecular flexibility index (Phi) is 5.33. The van der Waals surface area contributed by atoms with E-state index in [1.807, 2.05) is 50.2 Å². The summed E-state index contributed by atoms with van der Waals surface area (Å²) < 4.78 is 5.70. The summed E-state index contributed by atoms with van der Waals surface area (Å²) in [5, 5.41) is 11.0. The molecule has 0 atom stereocenters.